The molecule has 1 amide bonds. The summed E-state index contributed by atoms with van der Waals surface area (Å²) in [5.74, 6) is -4.76. The number of aliphatic imine (C=N–C) groups is 1. The van der Waals surface area contributed by atoms with E-state index >= 15 is 0 Å². The molecular formula is C30H35F6N7O5. The van der Waals surface area contributed by atoms with Crippen LogP contribution >= 0.6 is 0 Å². The van der Waals surface area contributed by atoms with E-state index in [1.807, 2.05) is 43.3 Å². The van der Waals surface area contributed by atoms with Gasteiger partial charge >= 0.3 is 24.3 Å². The number of carbonyl (C=O) groups is 3. The quantitative estimate of drug-likeness (QED) is 0.114. The molecule has 0 radical (unpaired) electrons. The molecule has 18 heteroatoms. The van der Waals surface area contributed by atoms with Crippen LogP contribution < -0.4 is 22.1 Å². The standard InChI is InChI=1S/C26H33N7O.2C2HF3O2/c1-16-12-13-20-19(14-16)23(31-21-10-6-7-11-22(21)32-26(27)28)33-24(30-20)25(34)29-15-17(2)18-8-4-3-5-9-18;2*3-2(4,5)1(6)7/h3-5,8-9,12-14,17,21-22H,6-7,10-11,15H2,1-2H3,(H,29,34)(H4,27,28,32)(H,30,31,33);2*(H,6,7). The average Bonchev–Trinajstić information content (AvgIpc) is 3.00. The topological polar surface area (TPSA) is 206 Å². The van der Waals surface area contributed by atoms with E-state index in [0.717, 1.165) is 42.1 Å². The Kier molecular flexibility index (Phi) is 13.9. The second-order valence-corrected chi connectivity index (χ2v) is 10.7. The van der Waals surface area contributed by atoms with Gasteiger partial charge in [0.2, 0.25) is 5.82 Å². The molecule has 0 aliphatic heterocycles. The molecule has 3 aromatic rings. The number of halogens is 6. The lowest BCUT2D eigenvalue weighted by molar-refractivity contribution is -0.193. The van der Waals surface area contributed by atoms with E-state index in [0.29, 0.717) is 12.4 Å². The number of fused-ring (bicyclic) bond motifs is 1. The highest BCUT2D eigenvalue weighted by molar-refractivity contribution is 5.96. The monoisotopic (exact) mass is 687 g/mol. The van der Waals surface area contributed by atoms with Crippen molar-refractivity contribution in [3.63, 3.8) is 0 Å². The minimum atomic E-state index is -5.08. The van der Waals surface area contributed by atoms with Gasteiger partial charge in [-0.2, -0.15) is 26.3 Å². The highest BCUT2D eigenvalue weighted by Gasteiger charge is 2.39. The number of carbonyl (C=O) groups excluding carboxylic acids is 1. The van der Waals surface area contributed by atoms with Crippen molar-refractivity contribution in [2.45, 2.75) is 69.9 Å². The summed E-state index contributed by atoms with van der Waals surface area (Å²) in [5, 5.41) is 21.7. The predicted octanol–water partition coefficient (Wildman–Crippen LogP) is 4.73. The van der Waals surface area contributed by atoms with Crippen LogP contribution in [0, 0.1) is 6.92 Å². The Morgan fingerprint density at radius 1 is 0.938 bits per heavy atom. The number of anilines is 1. The third kappa shape index (κ3) is 12.6. The van der Waals surface area contributed by atoms with Gasteiger partial charge in [0, 0.05) is 11.9 Å². The van der Waals surface area contributed by atoms with Crippen LogP contribution in [0.25, 0.3) is 10.9 Å². The maximum absolute atomic E-state index is 13.0. The first-order valence-corrected chi connectivity index (χ1v) is 14.4. The van der Waals surface area contributed by atoms with Crippen LogP contribution in [-0.4, -0.2) is 75.0 Å². The Balaban J connectivity index is 0.000000479. The molecule has 3 unspecified atom stereocenters. The van der Waals surface area contributed by atoms with Gasteiger partial charge in [-0.3, -0.25) is 4.79 Å². The lowest BCUT2D eigenvalue weighted by atomic mass is 9.90. The number of aryl methyl sites for hydroxylation is 1. The smallest absolute Gasteiger partial charge is 0.475 e. The van der Waals surface area contributed by atoms with Gasteiger partial charge in [-0.15, -0.1) is 0 Å². The Morgan fingerprint density at radius 2 is 1.50 bits per heavy atom. The van der Waals surface area contributed by atoms with Crippen molar-refractivity contribution in [3.05, 3.63) is 65.5 Å². The van der Waals surface area contributed by atoms with Crippen molar-refractivity contribution in [1.29, 1.82) is 0 Å². The first kappa shape index (κ1) is 39.0. The van der Waals surface area contributed by atoms with Gasteiger partial charge in [0.15, 0.2) is 5.96 Å². The molecule has 1 heterocycles. The number of rotatable bonds is 7. The van der Waals surface area contributed by atoms with Crippen LogP contribution in [0.15, 0.2) is 53.5 Å². The lowest BCUT2D eigenvalue weighted by Crippen LogP contribution is -2.38. The highest BCUT2D eigenvalue weighted by Crippen LogP contribution is 2.28. The van der Waals surface area contributed by atoms with E-state index in [1.54, 1.807) is 0 Å². The number of carboxylic acid groups (broad SMARTS) is 2. The number of amides is 1. The lowest BCUT2D eigenvalue weighted by Gasteiger charge is -2.30. The summed E-state index contributed by atoms with van der Waals surface area (Å²) in [4.78, 5) is 44.5. The fourth-order valence-corrected chi connectivity index (χ4v) is 4.48. The molecule has 1 aliphatic rings. The minimum Gasteiger partial charge on any atom is -0.475 e. The SMILES string of the molecule is Cc1ccc2nc(C(=O)NCC(C)c3ccccc3)nc(NC3CCCCC3N=C(N)N)c2c1.O=C(O)C(F)(F)F.O=C(O)C(F)(F)F. The maximum Gasteiger partial charge on any atom is 0.490 e. The number of hydrogen-bond acceptors (Lipinski definition) is 7. The minimum absolute atomic E-state index is 0.0300. The fourth-order valence-electron chi connectivity index (χ4n) is 4.48. The zero-order valence-electron chi connectivity index (χ0n) is 25.8. The molecule has 12 nitrogen and oxygen atoms in total. The number of aliphatic carboxylic acids is 2. The highest BCUT2D eigenvalue weighted by atomic mass is 19.4. The first-order chi connectivity index (χ1) is 22.3. The molecule has 1 aliphatic carbocycles. The summed E-state index contributed by atoms with van der Waals surface area (Å²) in [6.45, 7) is 4.60. The van der Waals surface area contributed by atoms with Crippen LogP contribution in [-0.2, 0) is 9.59 Å². The maximum atomic E-state index is 13.0. The number of nitrogens with zero attached hydrogens (tertiary/aromatic N) is 3. The van der Waals surface area contributed by atoms with E-state index in [2.05, 4.69) is 44.7 Å². The molecule has 1 fully saturated rings. The second kappa shape index (κ2) is 17.1. The van der Waals surface area contributed by atoms with Gasteiger partial charge in [-0.25, -0.2) is 24.5 Å². The molecular weight excluding hydrogens is 652 g/mol. The Morgan fingerprint density at radius 3 is 2.04 bits per heavy atom. The van der Waals surface area contributed by atoms with Gasteiger partial charge in [-0.05, 0) is 43.4 Å². The number of aromatic nitrogens is 2. The average molecular weight is 688 g/mol. The molecule has 3 atom stereocenters. The Bertz CT molecular complexity index is 1560. The van der Waals surface area contributed by atoms with Crippen molar-refractivity contribution in [3.8, 4) is 0 Å². The third-order valence-electron chi connectivity index (χ3n) is 6.84. The molecule has 0 spiro atoms. The molecule has 1 saturated carbocycles. The van der Waals surface area contributed by atoms with Crippen molar-refractivity contribution in [1.82, 2.24) is 15.3 Å². The molecule has 1 aromatic heterocycles. The van der Waals surface area contributed by atoms with E-state index < -0.39 is 24.3 Å². The number of carboxylic acids is 2. The van der Waals surface area contributed by atoms with Crippen LogP contribution in [0.3, 0.4) is 0 Å². The molecule has 2 aromatic carbocycles. The largest absolute Gasteiger partial charge is 0.490 e. The third-order valence-corrected chi connectivity index (χ3v) is 6.84. The normalized spacial score (nSPS) is 16.6. The molecule has 0 saturated heterocycles. The van der Waals surface area contributed by atoms with E-state index in [9.17, 15) is 31.1 Å². The summed E-state index contributed by atoms with van der Waals surface area (Å²) in [7, 11) is 0. The van der Waals surface area contributed by atoms with Crippen molar-refractivity contribution in [2.75, 3.05) is 11.9 Å². The molecule has 8 N–H and O–H groups in total. The number of alkyl halides is 6. The zero-order valence-corrected chi connectivity index (χ0v) is 25.8. The number of hydrogen-bond donors (Lipinski definition) is 6. The predicted molar refractivity (Wildman–Crippen MR) is 164 cm³/mol. The number of nitrogens with two attached hydrogens (primary N) is 2. The van der Waals surface area contributed by atoms with E-state index in [4.69, 9.17) is 31.3 Å². The van der Waals surface area contributed by atoms with Gasteiger partial charge in [0.1, 0.15) is 5.82 Å². The fraction of sp³-hybridized carbons (Fsp3) is 0.400. The summed E-state index contributed by atoms with van der Waals surface area (Å²) in [6, 6.07) is 16.1. The summed E-state index contributed by atoms with van der Waals surface area (Å²) < 4.78 is 63.5. The van der Waals surface area contributed by atoms with Crippen LogP contribution in [0.2, 0.25) is 0 Å². The second-order valence-electron chi connectivity index (χ2n) is 10.7. The first-order valence-electron chi connectivity index (χ1n) is 14.4. The summed E-state index contributed by atoms with van der Waals surface area (Å²) in [6.07, 6.45) is -6.17. The Hall–Kier alpha value is -5.16. The zero-order chi connectivity index (χ0) is 36.2. The number of nitrogens with one attached hydrogen (secondary N) is 2. The molecule has 48 heavy (non-hydrogen) atoms. The number of guanidine groups is 1. The van der Waals surface area contributed by atoms with Crippen LogP contribution in [0.5, 0.6) is 0 Å². The van der Waals surface area contributed by atoms with Crippen LogP contribution in [0.1, 0.15) is 60.3 Å². The van der Waals surface area contributed by atoms with Gasteiger partial charge in [0.05, 0.1) is 17.6 Å². The van der Waals surface area contributed by atoms with E-state index in [-0.39, 0.29) is 35.7 Å². The Labute approximate surface area is 270 Å². The van der Waals surface area contributed by atoms with Gasteiger partial charge in [-0.1, -0.05) is 61.7 Å². The van der Waals surface area contributed by atoms with E-state index in [1.165, 1.54) is 5.56 Å². The molecule has 4 rings (SSSR count). The molecule has 0 bridgehead atoms. The van der Waals surface area contributed by atoms with Gasteiger partial charge < -0.3 is 32.3 Å². The van der Waals surface area contributed by atoms with Crippen molar-refractivity contribution < 1.29 is 50.9 Å². The van der Waals surface area contributed by atoms with Gasteiger partial charge in [0.25, 0.3) is 5.91 Å². The molecule has 262 valence electrons. The van der Waals surface area contributed by atoms with Crippen LogP contribution in [0.4, 0.5) is 32.2 Å². The summed E-state index contributed by atoms with van der Waals surface area (Å²) in [5.41, 5.74) is 14.3. The van der Waals surface area contributed by atoms with Crippen molar-refractivity contribution in [2.24, 2.45) is 16.5 Å². The van der Waals surface area contributed by atoms with Crippen molar-refractivity contribution >= 4 is 40.5 Å². The summed E-state index contributed by atoms with van der Waals surface area (Å²) >= 11 is 0. The number of benzene rings is 2.